The maximum atomic E-state index is 6.23. The Morgan fingerprint density at radius 1 is 1.33 bits per heavy atom. The molecule has 4 heteroatoms. The molecule has 0 aromatic heterocycles. The van der Waals surface area contributed by atoms with Gasteiger partial charge < -0.3 is 15.4 Å². The number of nitrogens with two attached hydrogens (primary N) is 1. The molecule has 0 aliphatic heterocycles. The van der Waals surface area contributed by atoms with Crippen LogP contribution in [0.5, 0.6) is 5.75 Å². The molecule has 2 N–H and O–H groups in total. The first-order chi connectivity index (χ1) is 8.62. The second-order valence-corrected chi connectivity index (χ2v) is 4.74. The summed E-state index contributed by atoms with van der Waals surface area (Å²) in [6.07, 6.45) is 0.901. The Bertz CT molecular complexity index is 367. The van der Waals surface area contributed by atoms with Gasteiger partial charge in [0.05, 0.1) is 7.11 Å². The van der Waals surface area contributed by atoms with E-state index in [0.717, 1.165) is 37.4 Å². The predicted molar refractivity (Wildman–Crippen MR) is 77.3 cm³/mol. The van der Waals surface area contributed by atoms with Gasteiger partial charge in [0.1, 0.15) is 5.75 Å². The maximum Gasteiger partial charge on any atom is 0.123 e. The molecule has 3 nitrogen and oxygen atoms in total. The normalized spacial score (nSPS) is 12.8. The van der Waals surface area contributed by atoms with E-state index >= 15 is 0 Å². The van der Waals surface area contributed by atoms with Gasteiger partial charge in [0, 0.05) is 16.6 Å². The van der Waals surface area contributed by atoms with Gasteiger partial charge in [0.15, 0.2) is 0 Å². The zero-order valence-corrected chi connectivity index (χ0v) is 12.2. The Labute approximate surface area is 115 Å². The van der Waals surface area contributed by atoms with Gasteiger partial charge in [0.25, 0.3) is 0 Å². The molecule has 0 saturated heterocycles. The van der Waals surface area contributed by atoms with E-state index in [1.54, 1.807) is 7.11 Å². The minimum absolute atomic E-state index is 0.0424. The van der Waals surface area contributed by atoms with Gasteiger partial charge in [0.2, 0.25) is 0 Å². The van der Waals surface area contributed by atoms with Crippen molar-refractivity contribution in [2.75, 3.05) is 26.7 Å². The highest BCUT2D eigenvalue weighted by Crippen LogP contribution is 2.28. The van der Waals surface area contributed by atoms with Crippen LogP contribution in [0.3, 0.4) is 0 Å². The Balaban J connectivity index is 2.71. The molecule has 1 aromatic carbocycles. The van der Waals surface area contributed by atoms with Crippen molar-refractivity contribution in [3.63, 3.8) is 0 Å². The van der Waals surface area contributed by atoms with Crippen LogP contribution in [0.4, 0.5) is 0 Å². The van der Waals surface area contributed by atoms with Crippen LogP contribution in [0.25, 0.3) is 0 Å². The highest BCUT2D eigenvalue weighted by atomic mass is 35.5. The molecule has 1 rings (SSSR count). The smallest absolute Gasteiger partial charge is 0.123 e. The lowest BCUT2D eigenvalue weighted by atomic mass is 10.0. The van der Waals surface area contributed by atoms with Crippen molar-refractivity contribution in [2.24, 2.45) is 5.73 Å². The van der Waals surface area contributed by atoms with E-state index in [1.165, 1.54) is 0 Å². The van der Waals surface area contributed by atoms with E-state index in [0.29, 0.717) is 5.02 Å². The van der Waals surface area contributed by atoms with Crippen molar-refractivity contribution in [3.8, 4) is 5.75 Å². The van der Waals surface area contributed by atoms with E-state index in [9.17, 15) is 0 Å². The average Bonchev–Trinajstić information content (AvgIpc) is 2.39. The lowest BCUT2D eigenvalue weighted by molar-refractivity contribution is 0.289. The number of nitrogens with zero attached hydrogens (tertiary/aromatic N) is 1. The molecular formula is C14H23ClN2O. The molecule has 1 unspecified atom stereocenters. The Hall–Kier alpha value is -0.770. The third-order valence-electron chi connectivity index (χ3n) is 3.24. The molecule has 0 amide bonds. The molecule has 0 heterocycles. The minimum atomic E-state index is -0.0424. The summed E-state index contributed by atoms with van der Waals surface area (Å²) in [5.41, 5.74) is 7.22. The number of methoxy groups -OCH3 is 1. The molecule has 18 heavy (non-hydrogen) atoms. The molecule has 0 aliphatic carbocycles. The standard InChI is InChI=1S/C14H23ClN2O/c1-4-17(5-2)9-8-13(16)12-10-11(15)6-7-14(12)18-3/h6-7,10,13H,4-5,8-9,16H2,1-3H3. The van der Waals surface area contributed by atoms with E-state index < -0.39 is 0 Å². The summed E-state index contributed by atoms with van der Waals surface area (Å²) >= 11 is 6.01. The number of hydrogen-bond acceptors (Lipinski definition) is 3. The fourth-order valence-electron chi connectivity index (χ4n) is 2.01. The number of hydrogen-bond donors (Lipinski definition) is 1. The van der Waals surface area contributed by atoms with Crippen LogP contribution in [0, 0.1) is 0 Å². The third kappa shape index (κ3) is 4.16. The van der Waals surface area contributed by atoms with Gasteiger partial charge in [-0.2, -0.15) is 0 Å². The largest absolute Gasteiger partial charge is 0.496 e. The van der Waals surface area contributed by atoms with Crippen LogP contribution in [0.2, 0.25) is 5.02 Å². The quantitative estimate of drug-likeness (QED) is 0.828. The molecule has 0 aliphatic rings. The third-order valence-corrected chi connectivity index (χ3v) is 3.48. The second kappa shape index (κ2) is 7.62. The van der Waals surface area contributed by atoms with Crippen molar-refractivity contribution in [1.29, 1.82) is 0 Å². The van der Waals surface area contributed by atoms with Gasteiger partial charge in [-0.1, -0.05) is 25.4 Å². The number of rotatable bonds is 7. The summed E-state index contributed by atoms with van der Waals surface area (Å²) in [5.74, 6) is 0.812. The first kappa shape index (κ1) is 15.3. The second-order valence-electron chi connectivity index (χ2n) is 4.31. The lowest BCUT2D eigenvalue weighted by Crippen LogP contribution is -2.27. The SMILES string of the molecule is CCN(CC)CCC(N)c1cc(Cl)ccc1OC. The zero-order valence-electron chi connectivity index (χ0n) is 11.4. The van der Waals surface area contributed by atoms with Crippen LogP contribution < -0.4 is 10.5 Å². The van der Waals surface area contributed by atoms with E-state index in [-0.39, 0.29) is 6.04 Å². The summed E-state index contributed by atoms with van der Waals surface area (Å²) in [6, 6.07) is 5.54. The molecule has 0 fully saturated rings. The molecule has 0 bridgehead atoms. The van der Waals surface area contributed by atoms with Crippen LogP contribution in [-0.4, -0.2) is 31.6 Å². The van der Waals surface area contributed by atoms with Crippen molar-refractivity contribution < 1.29 is 4.74 Å². The van der Waals surface area contributed by atoms with E-state index in [4.69, 9.17) is 22.1 Å². The van der Waals surface area contributed by atoms with Gasteiger partial charge in [-0.25, -0.2) is 0 Å². The van der Waals surface area contributed by atoms with Crippen LogP contribution in [0.15, 0.2) is 18.2 Å². The van der Waals surface area contributed by atoms with Gasteiger partial charge in [-0.15, -0.1) is 0 Å². The Morgan fingerprint density at radius 2 is 2.00 bits per heavy atom. The number of ether oxygens (including phenoxy) is 1. The predicted octanol–water partition coefficient (Wildman–Crippen LogP) is 3.08. The van der Waals surface area contributed by atoms with Crippen molar-refractivity contribution in [2.45, 2.75) is 26.3 Å². The van der Waals surface area contributed by atoms with Crippen LogP contribution in [-0.2, 0) is 0 Å². The molecule has 102 valence electrons. The van der Waals surface area contributed by atoms with Gasteiger partial charge in [-0.3, -0.25) is 0 Å². The number of halogens is 1. The van der Waals surface area contributed by atoms with E-state index in [1.807, 2.05) is 18.2 Å². The molecule has 1 atom stereocenters. The summed E-state index contributed by atoms with van der Waals surface area (Å²) in [4.78, 5) is 2.36. The summed E-state index contributed by atoms with van der Waals surface area (Å²) < 4.78 is 5.33. The molecule has 0 saturated carbocycles. The Morgan fingerprint density at radius 3 is 2.56 bits per heavy atom. The first-order valence-corrected chi connectivity index (χ1v) is 6.81. The van der Waals surface area contributed by atoms with Crippen molar-refractivity contribution in [3.05, 3.63) is 28.8 Å². The van der Waals surface area contributed by atoms with Crippen LogP contribution >= 0.6 is 11.6 Å². The van der Waals surface area contributed by atoms with Crippen molar-refractivity contribution in [1.82, 2.24) is 4.90 Å². The topological polar surface area (TPSA) is 38.5 Å². The van der Waals surface area contributed by atoms with Crippen molar-refractivity contribution >= 4 is 11.6 Å². The van der Waals surface area contributed by atoms with Crippen LogP contribution in [0.1, 0.15) is 31.9 Å². The fraction of sp³-hybridized carbons (Fsp3) is 0.571. The van der Waals surface area contributed by atoms with Gasteiger partial charge >= 0.3 is 0 Å². The average molecular weight is 271 g/mol. The summed E-state index contributed by atoms with van der Waals surface area (Å²) in [6.45, 7) is 7.42. The monoisotopic (exact) mass is 270 g/mol. The number of benzene rings is 1. The Kier molecular flexibility index (Phi) is 6.47. The van der Waals surface area contributed by atoms with Gasteiger partial charge in [-0.05, 0) is 44.3 Å². The molecule has 0 radical (unpaired) electrons. The summed E-state index contributed by atoms with van der Waals surface area (Å²) in [7, 11) is 1.66. The van der Waals surface area contributed by atoms with E-state index in [2.05, 4.69) is 18.7 Å². The molecular weight excluding hydrogens is 248 g/mol. The zero-order chi connectivity index (χ0) is 13.5. The minimum Gasteiger partial charge on any atom is -0.496 e. The first-order valence-electron chi connectivity index (χ1n) is 6.43. The highest BCUT2D eigenvalue weighted by Gasteiger charge is 2.13. The fourth-order valence-corrected chi connectivity index (χ4v) is 2.19. The molecule has 0 spiro atoms. The summed E-state index contributed by atoms with van der Waals surface area (Å²) in [5, 5.41) is 0.698. The highest BCUT2D eigenvalue weighted by molar-refractivity contribution is 6.30. The maximum absolute atomic E-state index is 6.23. The molecule has 1 aromatic rings. The lowest BCUT2D eigenvalue weighted by Gasteiger charge is -2.21.